The quantitative estimate of drug-likeness (QED) is 0.610. The molecular formula is C17H19NO2. The Morgan fingerprint density at radius 3 is 2.75 bits per heavy atom. The van der Waals surface area contributed by atoms with Crippen molar-refractivity contribution >= 4 is 16.9 Å². The number of ether oxygens (including phenoxy) is 1. The predicted molar refractivity (Wildman–Crippen MR) is 78.7 cm³/mol. The minimum Gasteiger partial charge on any atom is -0.424 e. The molecule has 0 unspecified atom stereocenters. The lowest BCUT2D eigenvalue weighted by Gasteiger charge is -2.20. The van der Waals surface area contributed by atoms with E-state index in [4.69, 9.17) is 4.74 Å². The SMILES string of the molecule is Cc1ccc2cccc(OC(=O)C3CCCCC3)c2n1. The fraction of sp³-hybridized carbons (Fsp3) is 0.412. The van der Waals surface area contributed by atoms with Crippen molar-refractivity contribution in [3.63, 3.8) is 0 Å². The van der Waals surface area contributed by atoms with Crippen molar-refractivity contribution in [2.24, 2.45) is 5.92 Å². The van der Waals surface area contributed by atoms with Gasteiger partial charge in [-0.2, -0.15) is 0 Å². The number of rotatable bonds is 2. The highest BCUT2D eigenvalue weighted by atomic mass is 16.5. The van der Waals surface area contributed by atoms with E-state index in [1.165, 1.54) is 6.42 Å². The predicted octanol–water partition coefficient (Wildman–Crippen LogP) is 4.03. The van der Waals surface area contributed by atoms with Gasteiger partial charge in [0.25, 0.3) is 0 Å². The first-order chi connectivity index (χ1) is 9.74. The van der Waals surface area contributed by atoms with Gasteiger partial charge in [0.1, 0.15) is 5.52 Å². The Balaban J connectivity index is 1.86. The number of fused-ring (bicyclic) bond motifs is 1. The molecule has 1 aliphatic rings. The van der Waals surface area contributed by atoms with Crippen molar-refractivity contribution in [1.29, 1.82) is 0 Å². The van der Waals surface area contributed by atoms with Crippen molar-refractivity contribution in [1.82, 2.24) is 4.98 Å². The molecule has 0 radical (unpaired) electrons. The molecule has 0 bridgehead atoms. The summed E-state index contributed by atoms with van der Waals surface area (Å²) in [6.45, 7) is 1.94. The zero-order valence-electron chi connectivity index (χ0n) is 11.8. The van der Waals surface area contributed by atoms with E-state index in [9.17, 15) is 4.79 Å². The Kier molecular flexibility index (Phi) is 3.68. The summed E-state index contributed by atoms with van der Waals surface area (Å²) < 4.78 is 5.62. The number of aryl methyl sites for hydroxylation is 1. The van der Waals surface area contributed by atoms with Crippen LogP contribution in [0.2, 0.25) is 0 Å². The van der Waals surface area contributed by atoms with Crippen LogP contribution >= 0.6 is 0 Å². The molecule has 0 spiro atoms. The topological polar surface area (TPSA) is 39.2 Å². The van der Waals surface area contributed by atoms with Crippen LogP contribution in [0.15, 0.2) is 30.3 Å². The van der Waals surface area contributed by atoms with Gasteiger partial charge < -0.3 is 4.74 Å². The lowest BCUT2D eigenvalue weighted by atomic mass is 9.89. The van der Waals surface area contributed by atoms with Crippen molar-refractivity contribution in [2.75, 3.05) is 0 Å². The molecule has 0 saturated heterocycles. The molecule has 3 nitrogen and oxygen atoms in total. The third-order valence-corrected chi connectivity index (χ3v) is 3.97. The van der Waals surface area contributed by atoms with Crippen molar-refractivity contribution in [3.8, 4) is 5.75 Å². The first-order valence-corrected chi connectivity index (χ1v) is 7.32. The molecule has 3 heteroatoms. The smallest absolute Gasteiger partial charge is 0.314 e. The molecule has 0 aliphatic heterocycles. The van der Waals surface area contributed by atoms with Gasteiger partial charge in [-0.3, -0.25) is 4.79 Å². The van der Waals surface area contributed by atoms with E-state index < -0.39 is 0 Å². The van der Waals surface area contributed by atoms with Gasteiger partial charge >= 0.3 is 5.97 Å². The van der Waals surface area contributed by atoms with E-state index >= 15 is 0 Å². The maximum absolute atomic E-state index is 12.2. The number of hydrogen-bond donors (Lipinski definition) is 0. The zero-order valence-corrected chi connectivity index (χ0v) is 11.8. The van der Waals surface area contributed by atoms with Crippen molar-refractivity contribution < 1.29 is 9.53 Å². The van der Waals surface area contributed by atoms with Gasteiger partial charge in [-0.1, -0.05) is 37.5 Å². The second kappa shape index (κ2) is 5.61. The number of esters is 1. The summed E-state index contributed by atoms with van der Waals surface area (Å²) in [6.07, 6.45) is 5.41. The highest BCUT2D eigenvalue weighted by Gasteiger charge is 2.23. The van der Waals surface area contributed by atoms with Gasteiger partial charge in [0, 0.05) is 11.1 Å². The second-order valence-electron chi connectivity index (χ2n) is 5.54. The minimum absolute atomic E-state index is 0.0591. The van der Waals surface area contributed by atoms with E-state index in [1.807, 2.05) is 37.3 Å². The number of aromatic nitrogens is 1. The largest absolute Gasteiger partial charge is 0.424 e. The molecule has 2 aromatic rings. The average molecular weight is 269 g/mol. The van der Waals surface area contributed by atoms with Crippen LogP contribution < -0.4 is 4.74 Å². The molecule has 0 amide bonds. The summed E-state index contributed by atoms with van der Waals surface area (Å²) in [5.41, 5.74) is 1.70. The van der Waals surface area contributed by atoms with Gasteiger partial charge in [-0.25, -0.2) is 4.98 Å². The fourth-order valence-corrected chi connectivity index (χ4v) is 2.83. The third kappa shape index (κ3) is 2.67. The Bertz CT molecular complexity index is 630. The van der Waals surface area contributed by atoms with E-state index in [0.29, 0.717) is 5.75 Å². The zero-order chi connectivity index (χ0) is 13.9. The molecule has 20 heavy (non-hydrogen) atoms. The molecule has 1 aromatic heterocycles. The Labute approximate surface area is 119 Å². The first kappa shape index (κ1) is 13.1. The summed E-state index contributed by atoms with van der Waals surface area (Å²) in [5.74, 6) is 0.547. The van der Waals surface area contributed by atoms with Crippen LogP contribution in [-0.4, -0.2) is 11.0 Å². The van der Waals surface area contributed by atoms with E-state index in [2.05, 4.69) is 4.98 Å². The molecule has 0 atom stereocenters. The summed E-state index contributed by atoms with van der Waals surface area (Å²) >= 11 is 0. The van der Waals surface area contributed by atoms with Crippen LogP contribution in [0.4, 0.5) is 0 Å². The normalized spacial score (nSPS) is 16.2. The fourth-order valence-electron chi connectivity index (χ4n) is 2.83. The van der Waals surface area contributed by atoms with E-state index in [1.54, 1.807) is 0 Å². The molecule has 1 aromatic carbocycles. The number of para-hydroxylation sites is 1. The highest BCUT2D eigenvalue weighted by Crippen LogP contribution is 2.28. The molecule has 0 N–H and O–H groups in total. The summed E-state index contributed by atoms with van der Waals surface area (Å²) in [4.78, 5) is 16.7. The van der Waals surface area contributed by atoms with Crippen LogP contribution in [0.25, 0.3) is 10.9 Å². The summed E-state index contributed by atoms with van der Waals surface area (Å²) in [5, 5.41) is 1.00. The number of carbonyl (C=O) groups excluding carboxylic acids is 1. The van der Waals surface area contributed by atoms with E-state index in [0.717, 1.165) is 42.3 Å². The lowest BCUT2D eigenvalue weighted by molar-refractivity contribution is -0.139. The van der Waals surface area contributed by atoms with Crippen LogP contribution in [0.3, 0.4) is 0 Å². The molecule has 1 aliphatic carbocycles. The Morgan fingerprint density at radius 1 is 1.15 bits per heavy atom. The monoisotopic (exact) mass is 269 g/mol. The molecule has 3 rings (SSSR count). The van der Waals surface area contributed by atoms with Crippen LogP contribution in [0.1, 0.15) is 37.8 Å². The molecule has 1 heterocycles. The Morgan fingerprint density at radius 2 is 1.95 bits per heavy atom. The number of hydrogen-bond acceptors (Lipinski definition) is 3. The minimum atomic E-state index is -0.0968. The van der Waals surface area contributed by atoms with Gasteiger partial charge in [0.05, 0.1) is 5.92 Å². The standard InChI is InChI=1S/C17H19NO2/c1-12-10-11-13-8-5-9-15(16(13)18-12)20-17(19)14-6-3-2-4-7-14/h5,8-11,14H,2-4,6-7H2,1H3. The maximum Gasteiger partial charge on any atom is 0.314 e. The van der Waals surface area contributed by atoms with Gasteiger partial charge in [-0.15, -0.1) is 0 Å². The Hall–Kier alpha value is -1.90. The second-order valence-corrected chi connectivity index (χ2v) is 5.54. The lowest BCUT2D eigenvalue weighted by Crippen LogP contribution is -2.22. The van der Waals surface area contributed by atoms with E-state index in [-0.39, 0.29) is 11.9 Å². The van der Waals surface area contributed by atoms with Gasteiger partial charge in [-0.05, 0) is 31.9 Å². The van der Waals surface area contributed by atoms with Crippen LogP contribution in [0.5, 0.6) is 5.75 Å². The molecule has 104 valence electrons. The van der Waals surface area contributed by atoms with Crippen LogP contribution in [-0.2, 0) is 4.79 Å². The van der Waals surface area contributed by atoms with Crippen molar-refractivity contribution in [3.05, 3.63) is 36.0 Å². The number of benzene rings is 1. The third-order valence-electron chi connectivity index (χ3n) is 3.97. The average Bonchev–Trinajstić information content (AvgIpc) is 2.49. The number of nitrogens with zero attached hydrogens (tertiary/aromatic N) is 1. The van der Waals surface area contributed by atoms with Crippen LogP contribution in [0, 0.1) is 12.8 Å². The van der Waals surface area contributed by atoms with Gasteiger partial charge in [0.15, 0.2) is 5.75 Å². The summed E-state index contributed by atoms with van der Waals surface area (Å²) in [6, 6.07) is 9.70. The molecule has 1 fully saturated rings. The molecular weight excluding hydrogens is 250 g/mol. The van der Waals surface area contributed by atoms with Gasteiger partial charge in [0.2, 0.25) is 0 Å². The molecule has 1 saturated carbocycles. The summed E-state index contributed by atoms with van der Waals surface area (Å²) in [7, 11) is 0. The maximum atomic E-state index is 12.2. The van der Waals surface area contributed by atoms with Crippen molar-refractivity contribution in [2.45, 2.75) is 39.0 Å². The number of carbonyl (C=O) groups is 1. The highest BCUT2D eigenvalue weighted by molar-refractivity contribution is 5.87. The first-order valence-electron chi connectivity index (χ1n) is 7.32. The number of pyridine rings is 1.